The number of hydrogen-bond donors (Lipinski definition) is 2. The number of likely N-dealkylation sites (tertiary alicyclic amines) is 1. The molecule has 26 heavy (non-hydrogen) atoms. The second-order valence-electron chi connectivity index (χ2n) is 7.53. The van der Waals surface area contributed by atoms with Crippen molar-refractivity contribution in [2.24, 2.45) is 10.9 Å². The van der Waals surface area contributed by atoms with E-state index in [1.54, 1.807) is 0 Å². The van der Waals surface area contributed by atoms with Gasteiger partial charge in [-0.15, -0.1) is 0 Å². The molecule has 2 aliphatic heterocycles. The van der Waals surface area contributed by atoms with Gasteiger partial charge in [0, 0.05) is 45.2 Å². The first kappa shape index (κ1) is 18.8. The van der Waals surface area contributed by atoms with Crippen LogP contribution in [0.2, 0.25) is 0 Å². The Bertz CT molecular complexity index is 632. The molecule has 0 spiro atoms. The van der Waals surface area contributed by atoms with Gasteiger partial charge in [0.2, 0.25) is 0 Å². The summed E-state index contributed by atoms with van der Waals surface area (Å²) in [6, 6.07) is 7.13. The highest BCUT2D eigenvalue weighted by atomic mass is 16.5. The molecule has 0 bridgehead atoms. The van der Waals surface area contributed by atoms with Crippen molar-refractivity contribution in [1.82, 2.24) is 15.5 Å². The van der Waals surface area contributed by atoms with Crippen LogP contribution in [0.5, 0.6) is 11.5 Å². The van der Waals surface area contributed by atoms with Crippen LogP contribution in [0.4, 0.5) is 0 Å². The standard InChI is InChI=1S/C20H32N4O2/c1-14(2)24-12-15(3)17(13-24)23-20(21-4)22-11-16-6-7-18-19(10-16)26-9-5-8-25-18/h6-7,10,14-15,17H,5,8-9,11-13H2,1-4H3,(H2,21,22,23). The minimum absolute atomic E-state index is 0.423. The van der Waals surface area contributed by atoms with Crippen molar-refractivity contribution in [1.29, 1.82) is 0 Å². The van der Waals surface area contributed by atoms with E-state index in [9.17, 15) is 0 Å². The number of benzene rings is 1. The van der Waals surface area contributed by atoms with Gasteiger partial charge in [0.1, 0.15) is 0 Å². The maximum Gasteiger partial charge on any atom is 0.191 e. The zero-order valence-corrected chi connectivity index (χ0v) is 16.4. The first-order valence-electron chi connectivity index (χ1n) is 9.66. The molecule has 2 aliphatic rings. The molecule has 0 saturated carbocycles. The molecule has 2 unspecified atom stereocenters. The van der Waals surface area contributed by atoms with Crippen molar-refractivity contribution in [3.8, 4) is 11.5 Å². The Kier molecular flexibility index (Phi) is 6.25. The highest BCUT2D eigenvalue weighted by Crippen LogP contribution is 2.30. The predicted molar refractivity (Wildman–Crippen MR) is 105 cm³/mol. The molecule has 0 radical (unpaired) electrons. The lowest BCUT2D eigenvalue weighted by Crippen LogP contribution is -2.46. The third-order valence-corrected chi connectivity index (χ3v) is 5.19. The van der Waals surface area contributed by atoms with Crippen molar-refractivity contribution in [2.45, 2.75) is 45.8 Å². The van der Waals surface area contributed by atoms with E-state index in [0.717, 1.165) is 42.5 Å². The summed E-state index contributed by atoms with van der Waals surface area (Å²) in [7, 11) is 1.82. The number of hydrogen-bond acceptors (Lipinski definition) is 4. The Labute approximate surface area is 157 Å². The molecule has 6 heteroatoms. The zero-order valence-electron chi connectivity index (χ0n) is 16.4. The lowest BCUT2D eigenvalue weighted by atomic mass is 10.1. The first-order chi connectivity index (χ1) is 12.6. The van der Waals surface area contributed by atoms with Crippen molar-refractivity contribution in [2.75, 3.05) is 33.4 Å². The summed E-state index contributed by atoms with van der Waals surface area (Å²) < 4.78 is 11.5. The molecule has 0 aliphatic carbocycles. The average molecular weight is 361 g/mol. The van der Waals surface area contributed by atoms with Crippen molar-refractivity contribution < 1.29 is 9.47 Å². The molecule has 0 amide bonds. The molecule has 3 rings (SSSR count). The third-order valence-electron chi connectivity index (χ3n) is 5.19. The van der Waals surface area contributed by atoms with Crippen LogP contribution in [0, 0.1) is 5.92 Å². The Morgan fingerprint density at radius 3 is 2.69 bits per heavy atom. The smallest absolute Gasteiger partial charge is 0.191 e. The summed E-state index contributed by atoms with van der Waals surface area (Å²) in [6.07, 6.45) is 0.922. The van der Waals surface area contributed by atoms with Crippen molar-refractivity contribution in [3.63, 3.8) is 0 Å². The van der Waals surface area contributed by atoms with Gasteiger partial charge in [0.25, 0.3) is 0 Å². The minimum atomic E-state index is 0.423. The lowest BCUT2D eigenvalue weighted by molar-refractivity contribution is 0.265. The lowest BCUT2D eigenvalue weighted by Gasteiger charge is -2.22. The molecule has 144 valence electrons. The highest BCUT2D eigenvalue weighted by molar-refractivity contribution is 5.80. The maximum atomic E-state index is 5.77. The zero-order chi connectivity index (χ0) is 18.5. The number of nitrogens with one attached hydrogen (secondary N) is 2. The Morgan fingerprint density at radius 2 is 2.00 bits per heavy atom. The topological polar surface area (TPSA) is 58.1 Å². The minimum Gasteiger partial charge on any atom is -0.490 e. The van der Waals surface area contributed by atoms with E-state index in [1.165, 1.54) is 0 Å². The van der Waals surface area contributed by atoms with Gasteiger partial charge in [-0.05, 0) is 37.5 Å². The van der Waals surface area contributed by atoms with E-state index >= 15 is 0 Å². The van der Waals surface area contributed by atoms with Crippen LogP contribution in [-0.2, 0) is 6.54 Å². The highest BCUT2D eigenvalue weighted by Gasteiger charge is 2.31. The Balaban J connectivity index is 1.55. The quantitative estimate of drug-likeness (QED) is 0.637. The molecule has 6 nitrogen and oxygen atoms in total. The molecule has 2 N–H and O–H groups in total. The number of ether oxygens (including phenoxy) is 2. The summed E-state index contributed by atoms with van der Waals surface area (Å²) in [6.45, 7) is 11.1. The van der Waals surface area contributed by atoms with Crippen LogP contribution in [0.15, 0.2) is 23.2 Å². The van der Waals surface area contributed by atoms with Crippen LogP contribution >= 0.6 is 0 Å². The second-order valence-corrected chi connectivity index (χ2v) is 7.53. The number of aliphatic imine (C=N–C) groups is 1. The van der Waals surface area contributed by atoms with Crippen molar-refractivity contribution in [3.05, 3.63) is 23.8 Å². The SMILES string of the molecule is CN=C(NCc1ccc2c(c1)OCCCO2)NC1CN(C(C)C)CC1C. The van der Waals surface area contributed by atoms with Crippen molar-refractivity contribution >= 4 is 5.96 Å². The molecule has 1 aromatic rings. The average Bonchev–Trinajstić information content (AvgIpc) is 2.85. The van der Waals surface area contributed by atoms with Gasteiger partial charge in [-0.25, -0.2) is 0 Å². The summed E-state index contributed by atoms with van der Waals surface area (Å²) in [4.78, 5) is 6.91. The number of rotatable bonds is 4. The molecule has 1 fully saturated rings. The van der Waals surface area contributed by atoms with Crippen LogP contribution < -0.4 is 20.1 Å². The number of nitrogens with zero attached hydrogens (tertiary/aromatic N) is 2. The summed E-state index contributed by atoms with van der Waals surface area (Å²) in [5.74, 6) is 3.12. The van der Waals surface area contributed by atoms with E-state index in [1.807, 2.05) is 13.1 Å². The molecule has 1 saturated heterocycles. The van der Waals surface area contributed by atoms with Gasteiger partial charge >= 0.3 is 0 Å². The maximum absolute atomic E-state index is 5.77. The fraction of sp³-hybridized carbons (Fsp3) is 0.650. The van der Waals surface area contributed by atoms with Crippen LogP contribution in [0.25, 0.3) is 0 Å². The molecule has 2 heterocycles. The number of guanidine groups is 1. The Morgan fingerprint density at radius 1 is 1.23 bits per heavy atom. The second kappa shape index (κ2) is 8.62. The Hall–Kier alpha value is -1.95. The molecule has 1 aromatic carbocycles. The normalized spacial score (nSPS) is 23.8. The van der Waals surface area contributed by atoms with Gasteiger partial charge in [-0.1, -0.05) is 13.0 Å². The van der Waals surface area contributed by atoms with Crippen LogP contribution in [0.3, 0.4) is 0 Å². The molecular weight excluding hydrogens is 328 g/mol. The van der Waals surface area contributed by atoms with E-state index in [2.05, 4.69) is 53.4 Å². The van der Waals surface area contributed by atoms with Crippen LogP contribution in [-0.4, -0.2) is 56.3 Å². The fourth-order valence-electron chi connectivity index (χ4n) is 3.49. The van der Waals surface area contributed by atoms with E-state index in [0.29, 0.717) is 37.8 Å². The molecule has 0 aromatic heterocycles. The predicted octanol–water partition coefficient (Wildman–Crippen LogP) is 2.24. The van der Waals surface area contributed by atoms with Gasteiger partial charge < -0.3 is 20.1 Å². The summed E-state index contributed by atoms with van der Waals surface area (Å²) in [5, 5.41) is 7.01. The fourth-order valence-corrected chi connectivity index (χ4v) is 3.49. The first-order valence-corrected chi connectivity index (χ1v) is 9.66. The summed E-state index contributed by atoms with van der Waals surface area (Å²) >= 11 is 0. The van der Waals surface area contributed by atoms with Gasteiger partial charge in [-0.2, -0.15) is 0 Å². The third kappa shape index (κ3) is 4.61. The van der Waals surface area contributed by atoms with Crippen LogP contribution in [0.1, 0.15) is 32.8 Å². The van der Waals surface area contributed by atoms with E-state index < -0.39 is 0 Å². The van der Waals surface area contributed by atoms with Gasteiger partial charge in [0.15, 0.2) is 17.5 Å². The largest absolute Gasteiger partial charge is 0.490 e. The molecular formula is C20H32N4O2. The van der Waals surface area contributed by atoms with Gasteiger partial charge in [-0.3, -0.25) is 9.89 Å². The van der Waals surface area contributed by atoms with E-state index in [4.69, 9.17) is 9.47 Å². The monoisotopic (exact) mass is 360 g/mol. The van der Waals surface area contributed by atoms with Gasteiger partial charge in [0.05, 0.1) is 13.2 Å². The molecule has 2 atom stereocenters. The van der Waals surface area contributed by atoms with E-state index in [-0.39, 0.29) is 0 Å². The summed E-state index contributed by atoms with van der Waals surface area (Å²) in [5.41, 5.74) is 1.15. The number of fused-ring (bicyclic) bond motifs is 1.